The van der Waals surface area contributed by atoms with Crippen LogP contribution in [0.15, 0.2) is 0 Å². The van der Waals surface area contributed by atoms with Crippen LogP contribution < -0.4 is 0 Å². The molecule has 18 heavy (non-hydrogen) atoms. The molecule has 0 bridgehead atoms. The fraction of sp³-hybridized carbons (Fsp3) is 0.750. The summed E-state index contributed by atoms with van der Waals surface area (Å²) in [4.78, 5) is 35.0. The Labute approximate surface area is 107 Å². The molecule has 1 atom stereocenters. The van der Waals surface area contributed by atoms with Gasteiger partial charge in [-0.3, -0.25) is 9.69 Å². The maximum Gasteiger partial charge on any atom is 0.411 e. The van der Waals surface area contributed by atoms with Gasteiger partial charge in [-0.05, 0) is 34.6 Å². The second kappa shape index (κ2) is 6.98. The lowest BCUT2D eigenvalue weighted by atomic mass is 10.2. The van der Waals surface area contributed by atoms with E-state index in [2.05, 4.69) is 0 Å². The number of carbonyl (C=O) groups excluding carboxylic acids is 3. The van der Waals surface area contributed by atoms with Crippen molar-refractivity contribution in [2.75, 3.05) is 13.2 Å². The minimum absolute atomic E-state index is 0.219. The lowest BCUT2D eigenvalue weighted by Gasteiger charge is -2.28. The van der Waals surface area contributed by atoms with Crippen LogP contribution in [0.3, 0.4) is 0 Å². The first kappa shape index (κ1) is 16.4. The molecule has 1 amide bonds. The molecule has 0 radical (unpaired) electrons. The number of rotatable bonds is 5. The summed E-state index contributed by atoms with van der Waals surface area (Å²) in [7, 11) is 0. The van der Waals surface area contributed by atoms with Crippen LogP contribution in [0.4, 0.5) is 4.79 Å². The molecule has 104 valence electrons. The topological polar surface area (TPSA) is 72.9 Å². The van der Waals surface area contributed by atoms with Gasteiger partial charge in [0.1, 0.15) is 18.4 Å². The molecular formula is C12H21NO5. The van der Waals surface area contributed by atoms with E-state index in [1.807, 2.05) is 0 Å². The summed E-state index contributed by atoms with van der Waals surface area (Å²) in [6.07, 6.45) is -0.140. The average Bonchev–Trinajstić information content (AvgIpc) is 2.22. The van der Waals surface area contributed by atoms with Crippen LogP contribution in [0.25, 0.3) is 0 Å². The van der Waals surface area contributed by atoms with Crippen molar-refractivity contribution in [3.8, 4) is 0 Å². The second-order valence-electron chi connectivity index (χ2n) is 4.79. The highest BCUT2D eigenvalue weighted by Gasteiger charge is 2.27. The quantitative estimate of drug-likeness (QED) is 0.551. The molecule has 0 aliphatic heterocycles. The Morgan fingerprint density at radius 2 is 1.89 bits per heavy atom. The Hall–Kier alpha value is -1.59. The highest BCUT2D eigenvalue weighted by molar-refractivity contribution is 5.80. The van der Waals surface area contributed by atoms with Crippen LogP contribution in [0.2, 0.25) is 0 Å². The Bertz CT molecular complexity index is 308. The van der Waals surface area contributed by atoms with Gasteiger partial charge >= 0.3 is 12.1 Å². The molecule has 0 aromatic heterocycles. The SMILES string of the molecule is CCOC(=O)CN(C(=O)OC(C)(C)C)[C@H](C)C=O. The summed E-state index contributed by atoms with van der Waals surface area (Å²) in [6, 6.07) is -0.746. The summed E-state index contributed by atoms with van der Waals surface area (Å²) >= 11 is 0. The number of nitrogens with zero attached hydrogens (tertiary/aromatic N) is 1. The largest absolute Gasteiger partial charge is 0.465 e. The van der Waals surface area contributed by atoms with Gasteiger partial charge in [-0.15, -0.1) is 0 Å². The number of aldehydes is 1. The van der Waals surface area contributed by atoms with Gasteiger partial charge in [-0.25, -0.2) is 4.79 Å². The van der Waals surface area contributed by atoms with Crippen molar-refractivity contribution in [2.24, 2.45) is 0 Å². The summed E-state index contributed by atoms with van der Waals surface area (Å²) in [6.45, 7) is 8.21. The minimum atomic E-state index is -0.746. The van der Waals surface area contributed by atoms with E-state index in [1.54, 1.807) is 27.7 Å². The first-order valence-electron chi connectivity index (χ1n) is 5.81. The molecular weight excluding hydrogens is 238 g/mol. The minimum Gasteiger partial charge on any atom is -0.465 e. The van der Waals surface area contributed by atoms with Crippen LogP contribution in [0, 0.1) is 0 Å². The summed E-state index contributed by atoms with van der Waals surface area (Å²) in [5.74, 6) is -0.572. The molecule has 0 aromatic carbocycles. The molecule has 0 heterocycles. The predicted octanol–water partition coefficient (Wildman–Crippen LogP) is 1.37. The molecule has 0 aliphatic rings. The van der Waals surface area contributed by atoms with Crippen LogP contribution in [0.5, 0.6) is 0 Å². The molecule has 0 fully saturated rings. The van der Waals surface area contributed by atoms with E-state index in [1.165, 1.54) is 6.92 Å². The molecule has 0 unspecified atom stereocenters. The van der Waals surface area contributed by atoms with Crippen molar-refractivity contribution in [1.82, 2.24) is 4.90 Å². The summed E-state index contributed by atoms with van der Waals surface area (Å²) in [5, 5.41) is 0. The van der Waals surface area contributed by atoms with Crippen LogP contribution in [-0.4, -0.2) is 48.0 Å². The van der Waals surface area contributed by atoms with Crippen molar-refractivity contribution in [1.29, 1.82) is 0 Å². The molecule has 0 saturated heterocycles. The van der Waals surface area contributed by atoms with Crippen LogP contribution in [-0.2, 0) is 19.1 Å². The third kappa shape index (κ3) is 6.22. The third-order valence-corrected chi connectivity index (χ3v) is 1.92. The van der Waals surface area contributed by atoms with Gasteiger partial charge in [0.15, 0.2) is 0 Å². The molecule has 0 saturated carbocycles. The summed E-state index contributed by atoms with van der Waals surface area (Å²) in [5.41, 5.74) is -0.688. The maximum atomic E-state index is 11.8. The fourth-order valence-electron chi connectivity index (χ4n) is 1.11. The van der Waals surface area contributed by atoms with E-state index in [-0.39, 0.29) is 13.2 Å². The number of esters is 1. The highest BCUT2D eigenvalue weighted by Crippen LogP contribution is 2.11. The molecule has 0 N–H and O–H groups in total. The van der Waals surface area contributed by atoms with Gasteiger partial charge in [0.05, 0.1) is 12.6 Å². The first-order valence-corrected chi connectivity index (χ1v) is 5.81. The number of carbonyl (C=O) groups is 3. The maximum absolute atomic E-state index is 11.8. The normalized spacial score (nSPS) is 12.5. The predicted molar refractivity (Wildman–Crippen MR) is 65.1 cm³/mol. The standard InChI is InChI=1S/C12H21NO5/c1-6-17-10(15)7-13(9(2)8-14)11(16)18-12(3,4)5/h8-9H,6-7H2,1-5H3/t9-/m1/s1. The number of hydrogen-bond donors (Lipinski definition) is 0. The monoisotopic (exact) mass is 259 g/mol. The number of amides is 1. The van der Waals surface area contributed by atoms with E-state index in [0.717, 1.165) is 4.90 Å². The van der Waals surface area contributed by atoms with Crippen LogP contribution >= 0.6 is 0 Å². The van der Waals surface area contributed by atoms with Gasteiger partial charge in [-0.2, -0.15) is 0 Å². The molecule has 0 aliphatic carbocycles. The lowest BCUT2D eigenvalue weighted by molar-refractivity contribution is -0.145. The molecule has 6 heteroatoms. The molecule has 6 nitrogen and oxygen atoms in total. The lowest BCUT2D eigenvalue weighted by Crippen LogP contribution is -2.45. The number of hydrogen-bond acceptors (Lipinski definition) is 5. The second-order valence-corrected chi connectivity index (χ2v) is 4.79. The molecule has 0 aromatic rings. The Morgan fingerprint density at radius 1 is 1.33 bits per heavy atom. The highest BCUT2D eigenvalue weighted by atomic mass is 16.6. The van der Waals surface area contributed by atoms with Crippen molar-refractivity contribution >= 4 is 18.3 Å². The van der Waals surface area contributed by atoms with Gasteiger partial charge < -0.3 is 14.3 Å². The Morgan fingerprint density at radius 3 is 2.28 bits per heavy atom. The van der Waals surface area contributed by atoms with E-state index in [4.69, 9.17) is 9.47 Å². The smallest absolute Gasteiger partial charge is 0.411 e. The van der Waals surface area contributed by atoms with E-state index in [0.29, 0.717) is 6.29 Å². The number of ether oxygens (including phenoxy) is 2. The zero-order chi connectivity index (χ0) is 14.3. The fourth-order valence-corrected chi connectivity index (χ4v) is 1.11. The van der Waals surface area contributed by atoms with Crippen molar-refractivity contribution in [2.45, 2.75) is 46.3 Å². The summed E-state index contributed by atoms with van der Waals surface area (Å²) < 4.78 is 9.87. The van der Waals surface area contributed by atoms with Crippen molar-refractivity contribution in [3.05, 3.63) is 0 Å². The van der Waals surface area contributed by atoms with E-state index < -0.39 is 23.7 Å². The first-order chi connectivity index (χ1) is 8.21. The van der Waals surface area contributed by atoms with Crippen molar-refractivity contribution in [3.63, 3.8) is 0 Å². The zero-order valence-corrected chi connectivity index (χ0v) is 11.6. The van der Waals surface area contributed by atoms with Gasteiger partial charge in [0.2, 0.25) is 0 Å². The van der Waals surface area contributed by atoms with E-state index in [9.17, 15) is 14.4 Å². The Balaban J connectivity index is 4.73. The molecule has 0 spiro atoms. The van der Waals surface area contributed by atoms with E-state index >= 15 is 0 Å². The van der Waals surface area contributed by atoms with Crippen LogP contribution in [0.1, 0.15) is 34.6 Å². The van der Waals surface area contributed by atoms with Gasteiger partial charge in [0, 0.05) is 0 Å². The third-order valence-electron chi connectivity index (χ3n) is 1.92. The van der Waals surface area contributed by atoms with Gasteiger partial charge in [0.25, 0.3) is 0 Å². The Kier molecular flexibility index (Phi) is 6.36. The van der Waals surface area contributed by atoms with Crippen molar-refractivity contribution < 1.29 is 23.9 Å². The van der Waals surface area contributed by atoms with Gasteiger partial charge in [-0.1, -0.05) is 0 Å². The zero-order valence-electron chi connectivity index (χ0n) is 11.6. The average molecular weight is 259 g/mol. The molecule has 0 rings (SSSR count).